The summed E-state index contributed by atoms with van der Waals surface area (Å²) >= 11 is 0. The highest BCUT2D eigenvalue weighted by molar-refractivity contribution is 5.12. The van der Waals surface area contributed by atoms with Crippen LogP contribution in [-0.2, 0) is 10.3 Å². The van der Waals surface area contributed by atoms with E-state index in [1.165, 1.54) is 12.8 Å². The van der Waals surface area contributed by atoms with Crippen molar-refractivity contribution in [2.24, 2.45) is 0 Å². The highest BCUT2D eigenvalue weighted by Crippen LogP contribution is 2.33. The van der Waals surface area contributed by atoms with Gasteiger partial charge in [0.2, 0.25) is 0 Å². The third-order valence-corrected chi connectivity index (χ3v) is 3.62. The van der Waals surface area contributed by atoms with E-state index in [2.05, 4.69) is 9.97 Å². The minimum atomic E-state index is -0.548. The van der Waals surface area contributed by atoms with E-state index in [1.54, 1.807) is 13.2 Å². The van der Waals surface area contributed by atoms with Crippen LogP contribution in [0.1, 0.15) is 57.0 Å². The number of H-pyrrole nitrogens is 1. The molecule has 1 aliphatic rings. The molecule has 1 N–H and O–H groups in total. The molecular weight excluding hydrogens is 216 g/mol. The summed E-state index contributed by atoms with van der Waals surface area (Å²) in [6.45, 7) is 3.81. The lowest BCUT2D eigenvalue weighted by Gasteiger charge is -2.22. The third kappa shape index (κ3) is 2.57. The van der Waals surface area contributed by atoms with Crippen LogP contribution in [-0.4, -0.2) is 17.1 Å². The molecule has 4 nitrogen and oxygen atoms in total. The van der Waals surface area contributed by atoms with Crippen molar-refractivity contribution in [3.63, 3.8) is 0 Å². The molecule has 17 heavy (non-hydrogen) atoms. The first-order chi connectivity index (χ1) is 8.03. The van der Waals surface area contributed by atoms with Crippen molar-refractivity contribution < 1.29 is 4.74 Å². The Morgan fingerprint density at radius 2 is 2.06 bits per heavy atom. The first kappa shape index (κ1) is 12.3. The van der Waals surface area contributed by atoms with Crippen molar-refractivity contribution in [3.05, 3.63) is 27.9 Å². The van der Waals surface area contributed by atoms with E-state index in [4.69, 9.17) is 4.74 Å². The zero-order valence-corrected chi connectivity index (χ0v) is 10.7. The van der Waals surface area contributed by atoms with Gasteiger partial charge in [-0.3, -0.25) is 4.79 Å². The second kappa shape index (κ2) is 4.61. The number of rotatable bonds is 3. The predicted octanol–water partition coefficient (Wildman–Crippen LogP) is 2.31. The van der Waals surface area contributed by atoms with Crippen LogP contribution in [0.3, 0.4) is 0 Å². The molecule has 0 aliphatic heterocycles. The predicted molar refractivity (Wildman–Crippen MR) is 66.1 cm³/mol. The molecule has 1 aliphatic carbocycles. The number of aromatic nitrogens is 2. The van der Waals surface area contributed by atoms with Gasteiger partial charge in [-0.25, -0.2) is 4.98 Å². The van der Waals surface area contributed by atoms with Gasteiger partial charge in [-0.1, -0.05) is 12.8 Å². The fraction of sp³-hybridized carbons (Fsp3) is 0.692. The molecule has 0 bridgehead atoms. The van der Waals surface area contributed by atoms with Gasteiger partial charge >= 0.3 is 0 Å². The van der Waals surface area contributed by atoms with Crippen molar-refractivity contribution in [2.45, 2.75) is 51.0 Å². The lowest BCUT2D eigenvalue weighted by Crippen LogP contribution is -2.27. The van der Waals surface area contributed by atoms with E-state index in [0.717, 1.165) is 18.5 Å². The minimum Gasteiger partial charge on any atom is -0.371 e. The molecule has 0 amide bonds. The van der Waals surface area contributed by atoms with Crippen LogP contribution < -0.4 is 5.56 Å². The van der Waals surface area contributed by atoms with E-state index in [1.807, 2.05) is 13.8 Å². The zero-order valence-electron chi connectivity index (χ0n) is 10.7. The smallest absolute Gasteiger partial charge is 0.251 e. The Kier molecular flexibility index (Phi) is 3.33. The number of hydrogen-bond donors (Lipinski definition) is 1. The van der Waals surface area contributed by atoms with Gasteiger partial charge in [0, 0.05) is 19.1 Å². The summed E-state index contributed by atoms with van der Waals surface area (Å²) in [4.78, 5) is 19.0. The molecule has 0 unspecified atom stereocenters. The number of nitrogens with one attached hydrogen (secondary N) is 1. The minimum absolute atomic E-state index is 0.0815. The number of hydrogen-bond acceptors (Lipinski definition) is 3. The molecule has 0 atom stereocenters. The van der Waals surface area contributed by atoms with Crippen LogP contribution in [0.2, 0.25) is 0 Å². The summed E-state index contributed by atoms with van der Waals surface area (Å²) in [5.41, 5.74) is 0.293. The largest absolute Gasteiger partial charge is 0.371 e. The second-order valence-electron chi connectivity index (χ2n) is 5.21. The maximum atomic E-state index is 11.7. The number of ether oxygens (including phenoxy) is 1. The van der Waals surface area contributed by atoms with E-state index in [9.17, 15) is 4.79 Å². The summed E-state index contributed by atoms with van der Waals surface area (Å²) in [7, 11) is 1.63. The average molecular weight is 236 g/mol. The summed E-state index contributed by atoms with van der Waals surface area (Å²) < 4.78 is 5.36. The van der Waals surface area contributed by atoms with Gasteiger partial charge < -0.3 is 9.72 Å². The Labute approximate surface area is 101 Å². The molecule has 94 valence electrons. The Morgan fingerprint density at radius 3 is 2.65 bits per heavy atom. The molecule has 0 saturated heterocycles. The number of methoxy groups -OCH3 is 1. The standard InChI is InChI=1S/C13H20N2O2/c1-13(2,17-3)12-14-10(8-11(16)15-12)9-6-4-5-7-9/h8-9H,4-7H2,1-3H3,(H,14,15,16). The van der Waals surface area contributed by atoms with Crippen molar-refractivity contribution >= 4 is 0 Å². The summed E-state index contributed by atoms with van der Waals surface area (Å²) in [5, 5.41) is 0. The van der Waals surface area contributed by atoms with Crippen LogP contribution in [0.4, 0.5) is 0 Å². The fourth-order valence-electron chi connectivity index (χ4n) is 2.29. The molecule has 1 saturated carbocycles. The van der Waals surface area contributed by atoms with E-state index in [-0.39, 0.29) is 5.56 Å². The van der Waals surface area contributed by atoms with E-state index >= 15 is 0 Å². The van der Waals surface area contributed by atoms with Crippen molar-refractivity contribution in [3.8, 4) is 0 Å². The first-order valence-corrected chi connectivity index (χ1v) is 6.20. The van der Waals surface area contributed by atoms with Crippen molar-refractivity contribution in [1.82, 2.24) is 9.97 Å². The Bertz CT molecular complexity index is 445. The Hall–Kier alpha value is -1.16. The molecule has 2 rings (SSSR count). The molecule has 0 radical (unpaired) electrons. The molecule has 1 aromatic heterocycles. The lowest BCUT2D eigenvalue weighted by atomic mass is 10.0. The van der Waals surface area contributed by atoms with Crippen LogP contribution in [0.15, 0.2) is 10.9 Å². The highest BCUT2D eigenvalue weighted by atomic mass is 16.5. The fourth-order valence-corrected chi connectivity index (χ4v) is 2.29. The van der Waals surface area contributed by atoms with Crippen molar-refractivity contribution in [2.75, 3.05) is 7.11 Å². The second-order valence-corrected chi connectivity index (χ2v) is 5.21. The normalized spacial score (nSPS) is 17.6. The Balaban J connectivity index is 2.38. The molecule has 4 heteroatoms. The Morgan fingerprint density at radius 1 is 1.41 bits per heavy atom. The molecule has 1 heterocycles. The molecule has 1 aromatic rings. The quantitative estimate of drug-likeness (QED) is 0.876. The highest BCUT2D eigenvalue weighted by Gasteiger charge is 2.25. The molecule has 0 aromatic carbocycles. The molecule has 0 spiro atoms. The van der Waals surface area contributed by atoms with Gasteiger partial charge in [0.15, 0.2) is 0 Å². The zero-order chi connectivity index (χ0) is 12.5. The average Bonchev–Trinajstić information content (AvgIpc) is 2.81. The van der Waals surface area contributed by atoms with Gasteiger partial charge in [-0.05, 0) is 26.7 Å². The summed E-state index contributed by atoms with van der Waals surface area (Å²) in [6.07, 6.45) is 4.76. The lowest BCUT2D eigenvalue weighted by molar-refractivity contribution is 0.0110. The topological polar surface area (TPSA) is 55.0 Å². The van der Waals surface area contributed by atoms with Crippen LogP contribution in [0.5, 0.6) is 0 Å². The van der Waals surface area contributed by atoms with Gasteiger partial charge in [0.25, 0.3) is 5.56 Å². The number of nitrogens with zero attached hydrogens (tertiary/aromatic N) is 1. The summed E-state index contributed by atoms with van der Waals surface area (Å²) in [6, 6.07) is 1.63. The van der Waals surface area contributed by atoms with Gasteiger partial charge in [-0.2, -0.15) is 0 Å². The van der Waals surface area contributed by atoms with Crippen LogP contribution in [0.25, 0.3) is 0 Å². The maximum Gasteiger partial charge on any atom is 0.251 e. The van der Waals surface area contributed by atoms with E-state index < -0.39 is 5.60 Å². The maximum absolute atomic E-state index is 11.7. The molecular formula is C13H20N2O2. The van der Waals surface area contributed by atoms with Gasteiger partial charge in [0.05, 0.1) is 5.69 Å². The van der Waals surface area contributed by atoms with E-state index in [0.29, 0.717) is 11.7 Å². The van der Waals surface area contributed by atoms with Crippen LogP contribution >= 0.6 is 0 Å². The number of aromatic amines is 1. The SMILES string of the molecule is COC(C)(C)c1nc(C2CCCC2)cc(=O)[nH]1. The van der Waals surface area contributed by atoms with Crippen molar-refractivity contribution in [1.29, 1.82) is 0 Å². The van der Waals surface area contributed by atoms with Crippen LogP contribution in [0, 0.1) is 0 Å². The monoisotopic (exact) mass is 236 g/mol. The summed E-state index contributed by atoms with van der Waals surface area (Å²) in [5.74, 6) is 1.07. The first-order valence-electron chi connectivity index (χ1n) is 6.20. The van der Waals surface area contributed by atoms with Gasteiger partial charge in [0.1, 0.15) is 11.4 Å². The third-order valence-electron chi connectivity index (χ3n) is 3.62. The van der Waals surface area contributed by atoms with Gasteiger partial charge in [-0.15, -0.1) is 0 Å². The molecule has 1 fully saturated rings.